The fraction of sp³-hybridized carbons (Fsp3) is 0.833. The standard InChI is InChI=1S/C18H29N3O3/c1-11(21-17(24)10-20-16(23)9-19-12(2)22)18-6-13-3-14(7-18)5-15(4-13)8-18/h11,13-15H,3-10H2,1-2H3,(H,19,22)(H,20,23)(H,21,24). The molecule has 0 aliphatic heterocycles. The predicted molar refractivity (Wildman–Crippen MR) is 89.9 cm³/mol. The van der Waals surface area contributed by atoms with Gasteiger partial charge in [0, 0.05) is 13.0 Å². The molecule has 0 aromatic heterocycles. The monoisotopic (exact) mass is 335 g/mol. The van der Waals surface area contributed by atoms with E-state index in [1.807, 2.05) is 0 Å². The van der Waals surface area contributed by atoms with E-state index >= 15 is 0 Å². The summed E-state index contributed by atoms with van der Waals surface area (Å²) in [5.41, 5.74) is 0.268. The minimum atomic E-state index is -0.345. The summed E-state index contributed by atoms with van der Waals surface area (Å²) >= 11 is 0. The van der Waals surface area contributed by atoms with Gasteiger partial charge in [0.1, 0.15) is 0 Å². The first-order valence-corrected chi connectivity index (χ1v) is 9.17. The van der Waals surface area contributed by atoms with Crippen LogP contribution in [-0.4, -0.2) is 36.9 Å². The minimum Gasteiger partial charge on any atom is -0.352 e. The molecule has 4 saturated carbocycles. The van der Waals surface area contributed by atoms with Crippen molar-refractivity contribution in [1.29, 1.82) is 0 Å². The summed E-state index contributed by atoms with van der Waals surface area (Å²) < 4.78 is 0. The number of carbonyl (C=O) groups excluding carboxylic acids is 3. The number of hydrogen-bond acceptors (Lipinski definition) is 3. The van der Waals surface area contributed by atoms with Crippen LogP contribution in [0, 0.1) is 23.2 Å². The average molecular weight is 335 g/mol. The average Bonchev–Trinajstić information content (AvgIpc) is 2.49. The van der Waals surface area contributed by atoms with Crippen LogP contribution < -0.4 is 16.0 Å². The molecular formula is C18H29N3O3. The van der Waals surface area contributed by atoms with Crippen LogP contribution in [0.2, 0.25) is 0 Å². The Hall–Kier alpha value is -1.59. The molecule has 0 heterocycles. The van der Waals surface area contributed by atoms with E-state index < -0.39 is 0 Å². The third-order valence-corrected chi connectivity index (χ3v) is 6.33. The maximum absolute atomic E-state index is 12.2. The Morgan fingerprint density at radius 3 is 1.92 bits per heavy atom. The zero-order valence-corrected chi connectivity index (χ0v) is 14.7. The summed E-state index contributed by atoms with van der Waals surface area (Å²) in [6.07, 6.45) is 7.90. The molecule has 4 rings (SSSR count). The van der Waals surface area contributed by atoms with E-state index in [1.165, 1.54) is 45.4 Å². The number of rotatable bonds is 6. The summed E-state index contributed by atoms with van der Waals surface area (Å²) in [7, 11) is 0. The van der Waals surface area contributed by atoms with Gasteiger partial charge in [-0.1, -0.05) is 0 Å². The van der Waals surface area contributed by atoms with E-state index in [4.69, 9.17) is 0 Å². The molecule has 4 bridgehead atoms. The molecule has 0 spiro atoms. The van der Waals surface area contributed by atoms with Gasteiger partial charge in [0.15, 0.2) is 0 Å². The van der Waals surface area contributed by atoms with Crippen LogP contribution in [0.4, 0.5) is 0 Å². The molecule has 1 unspecified atom stereocenters. The molecule has 134 valence electrons. The molecule has 4 aliphatic carbocycles. The van der Waals surface area contributed by atoms with E-state index in [1.54, 1.807) is 0 Å². The van der Waals surface area contributed by atoms with Crippen molar-refractivity contribution in [3.8, 4) is 0 Å². The van der Waals surface area contributed by atoms with Crippen LogP contribution in [0.1, 0.15) is 52.4 Å². The smallest absolute Gasteiger partial charge is 0.239 e. The highest BCUT2D eigenvalue weighted by molar-refractivity contribution is 5.87. The highest BCUT2D eigenvalue weighted by atomic mass is 16.2. The molecule has 0 saturated heterocycles. The lowest BCUT2D eigenvalue weighted by molar-refractivity contribution is -0.129. The lowest BCUT2D eigenvalue weighted by atomic mass is 9.48. The van der Waals surface area contributed by atoms with Crippen LogP contribution >= 0.6 is 0 Å². The first-order chi connectivity index (χ1) is 11.4. The van der Waals surface area contributed by atoms with Crippen LogP contribution in [0.25, 0.3) is 0 Å². The second-order valence-electron chi connectivity index (χ2n) is 8.26. The second-order valence-corrected chi connectivity index (χ2v) is 8.26. The quantitative estimate of drug-likeness (QED) is 0.676. The number of hydrogen-bond donors (Lipinski definition) is 3. The minimum absolute atomic E-state index is 0.0326. The summed E-state index contributed by atoms with van der Waals surface area (Å²) in [5.74, 6) is 1.82. The van der Waals surface area contributed by atoms with E-state index in [9.17, 15) is 14.4 Å². The molecule has 0 aromatic rings. The third-order valence-electron chi connectivity index (χ3n) is 6.33. The Balaban J connectivity index is 1.46. The Morgan fingerprint density at radius 2 is 1.42 bits per heavy atom. The van der Waals surface area contributed by atoms with Crippen molar-refractivity contribution in [3.63, 3.8) is 0 Å². The molecule has 0 aromatic carbocycles. The van der Waals surface area contributed by atoms with Crippen molar-refractivity contribution in [2.75, 3.05) is 13.1 Å². The van der Waals surface area contributed by atoms with Crippen LogP contribution in [0.3, 0.4) is 0 Å². The van der Waals surface area contributed by atoms with Gasteiger partial charge < -0.3 is 16.0 Å². The summed E-state index contributed by atoms with van der Waals surface area (Å²) in [4.78, 5) is 34.5. The van der Waals surface area contributed by atoms with Gasteiger partial charge in [-0.05, 0) is 68.6 Å². The van der Waals surface area contributed by atoms with Crippen LogP contribution in [0.15, 0.2) is 0 Å². The lowest BCUT2D eigenvalue weighted by Gasteiger charge is -2.59. The lowest BCUT2D eigenvalue weighted by Crippen LogP contribution is -2.56. The van der Waals surface area contributed by atoms with Crippen molar-refractivity contribution in [1.82, 2.24) is 16.0 Å². The maximum Gasteiger partial charge on any atom is 0.239 e. The third kappa shape index (κ3) is 3.73. The van der Waals surface area contributed by atoms with Gasteiger partial charge in [-0.3, -0.25) is 14.4 Å². The van der Waals surface area contributed by atoms with Gasteiger partial charge in [0.05, 0.1) is 13.1 Å². The van der Waals surface area contributed by atoms with E-state index in [2.05, 4.69) is 22.9 Å². The molecule has 1 atom stereocenters. The molecule has 24 heavy (non-hydrogen) atoms. The van der Waals surface area contributed by atoms with Crippen molar-refractivity contribution >= 4 is 17.7 Å². The van der Waals surface area contributed by atoms with Crippen LogP contribution in [-0.2, 0) is 14.4 Å². The zero-order chi connectivity index (χ0) is 17.3. The molecular weight excluding hydrogens is 306 g/mol. The summed E-state index contributed by atoms with van der Waals surface area (Å²) in [6.45, 7) is 3.36. The van der Waals surface area contributed by atoms with Gasteiger partial charge in [-0.15, -0.1) is 0 Å². The summed E-state index contributed by atoms with van der Waals surface area (Å²) in [6, 6.07) is 0.158. The van der Waals surface area contributed by atoms with Crippen molar-refractivity contribution in [2.24, 2.45) is 23.2 Å². The maximum atomic E-state index is 12.2. The van der Waals surface area contributed by atoms with E-state index in [0.717, 1.165) is 17.8 Å². The molecule has 4 aliphatic rings. The van der Waals surface area contributed by atoms with Gasteiger partial charge in [0.2, 0.25) is 17.7 Å². The Kier molecular flexibility index (Phi) is 4.83. The fourth-order valence-electron chi connectivity index (χ4n) is 5.60. The fourth-order valence-corrected chi connectivity index (χ4v) is 5.60. The molecule has 4 fully saturated rings. The Bertz CT molecular complexity index is 496. The van der Waals surface area contributed by atoms with Gasteiger partial charge in [-0.2, -0.15) is 0 Å². The van der Waals surface area contributed by atoms with E-state index in [-0.39, 0.29) is 42.3 Å². The first-order valence-electron chi connectivity index (χ1n) is 9.17. The van der Waals surface area contributed by atoms with Crippen molar-refractivity contribution in [3.05, 3.63) is 0 Å². The normalized spacial score (nSPS) is 34.5. The molecule has 3 N–H and O–H groups in total. The molecule has 3 amide bonds. The zero-order valence-electron chi connectivity index (χ0n) is 14.7. The Morgan fingerprint density at radius 1 is 0.917 bits per heavy atom. The number of carbonyl (C=O) groups is 3. The second kappa shape index (κ2) is 6.73. The first kappa shape index (κ1) is 17.2. The van der Waals surface area contributed by atoms with Gasteiger partial charge in [-0.25, -0.2) is 0 Å². The molecule has 0 radical (unpaired) electrons. The largest absolute Gasteiger partial charge is 0.352 e. The van der Waals surface area contributed by atoms with Gasteiger partial charge >= 0.3 is 0 Å². The van der Waals surface area contributed by atoms with Crippen molar-refractivity contribution < 1.29 is 14.4 Å². The SMILES string of the molecule is CC(=O)NCC(=O)NCC(=O)NC(C)C12CC3CC(CC(C3)C1)C2. The van der Waals surface area contributed by atoms with Crippen molar-refractivity contribution in [2.45, 2.75) is 58.4 Å². The van der Waals surface area contributed by atoms with Crippen LogP contribution in [0.5, 0.6) is 0 Å². The predicted octanol–water partition coefficient (Wildman–Crippen LogP) is 0.960. The van der Waals surface area contributed by atoms with E-state index in [0.29, 0.717) is 0 Å². The molecule has 6 heteroatoms. The molecule has 6 nitrogen and oxygen atoms in total. The van der Waals surface area contributed by atoms with Gasteiger partial charge in [0.25, 0.3) is 0 Å². The summed E-state index contributed by atoms with van der Waals surface area (Å²) in [5, 5.41) is 8.08. The Labute approximate surface area is 143 Å². The highest BCUT2D eigenvalue weighted by Crippen LogP contribution is 2.61. The topological polar surface area (TPSA) is 87.3 Å². The highest BCUT2D eigenvalue weighted by Gasteiger charge is 2.53. The number of amides is 3. The number of nitrogens with one attached hydrogen (secondary N) is 3.